The number of ether oxygens (including phenoxy) is 2. The summed E-state index contributed by atoms with van der Waals surface area (Å²) in [5, 5.41) is 0. The minimum atomic E-state index is -4.67. The third-order valence-corrected chi connectivity index (χ3v) is 7.83. The fourth-order valence-corrected chi connectivity index (χ4v) is 5.42. The minimum Gasteiger partial charge on any atom is -0.487 e. The molecule has 37 heavy (non-hydrogen) atoms. The van der Waals surface area contributed by atoms with E-state index in [0.717, 1.165) is 31.2 Å². The zero-order chi connectivity index (χ0) is 27.2. The van der Waals surface area contributed by atoms with Gasteiger partial charge >= 0.3 is 12.3 Å². The number of carbonyl (C=O) groups excluding carboxylic acids is 1. The van der Waals surface area contributed by atoms with Gasteiger partial charge in [0.05, 0.1) is 5.75 Å². The molecular formula is C26H29F4NO5S. The first-order chi connectivity index (χ1) is 17.1. The van der Waals surface area contributed by atoms with E-state index in [1.54, 1.807) is 18.2 Å². The summed E-state index contributed by atoms with van der Waals surface area (Å²) in [6.07, 6.45) is -2.33. The molecule has 2 aromatic carbocycles. The molecule has 0 saturated carbocycles. The Morgan fingerprint density at radius 3 is 2.27 bits per heavy atom. The summed E-state index contributed by atoms with van der Waals surface area (Å²) in [5.74, 6) is -0.271. The smallest absolute Gasteiger partial charge is 0.427 e. The Kier molecular flexibility index (Phi) is 6.98. The van der Waals surface area contributed by atoms with Crippen LogP contribution in [0.5, 0.6) is 5.75 Å². The summed E-state index contributed by atoms with van der Waals surface area (Å²) in [4.78, 5) is 13.6. The van der Waals surface area contributed by atoms with Crippen LogP contribution in [0.1, 0.15) is 44.2 Å². The number of benzene rings is 2. The van der Waals surface area contributed by atoms with Crippen LogP contribution in [0.25, 0.3) is 11.1 Å². The molecule has 0 N–H and O–H groups in total. The van der Waals surface area contributed by atoms with Crippen LogP contribution in [0, 0.1) is 5.82 Å². The first kappa shape index (κ1) is 27.2. The van der Waals surface area contributed by atoms with Gasteiger partial charge in [-0.1, -0.05) is 18.2 Å². The second-order valence-corrected chi connectivity index (χ2v) is 12.5. The average molecular weight is 544 g/mol. The Bertz CT molecular complexity index is 1300. The van der Waals surface area contributed by atoms with E-state index < -0.39 is 39.1 Å². The molecule has 1 fully saturated rings. The van der Waals surface area contributed by atoms with Crippen molar-refractivity contribution in [1.29, 1.82) is 0 Å². The Labute approximate surface area is 213 Å². The highest BCUT2D eigenvalue weighted by Gasteiger charge is 2.52. The number of halogens is 4. The van der Waals surface area contributed by atoms with Gasteiger partial charge in [-0.2, -0.15) is 13.2 Å². The number of amides is 1. The predicted octanol–water partition coefficient (Wildman–Crippen LogP) is 5.67. The van der Waals surface area contributed by atoms with Crippen LogP contribution in [0.3, 0.4) is 0 Å². The van der Waals surface area contributed by atoms with Gasteiger partial charge in [0.25, 0.3) is 0 Å². The summed E-state index contributed by atoms with van der Waals surface area (Å²) in [6.45, 7) is 2.09. The van der Waals surface area contributed by atoms with E-state index in [4.69, 9.17) is 9.47 Å². The molecule has 0 radical (unpaired) electrons. The number of hydrogen-bond acceptors (Lipinski definition) is 5. The summed E-state index contributed by atoms with van der Waals surface area (Å²) in [6, 6.07) is 10.0. The van der Waals surface area contributed by atoms with Gasteiger partial charge in [0, 0.05) is 37.8 Å². The van der Waals surface area contributed by atoms with Gasteiger partial charge in [-0.05, 0) is 61.6 Å². The van der Waals surface area contributed by atoms with Crippen molar-refractivity contribution in [2.24, 2.45) is 0 Å². The number of likely N-dealkylation sites (tertiary alicyclic amines) is 1. The van der Waals surface area contributed by atoms with Crippen LogP contribution >= 0.6 is 0 Å². The highest BCUT2D eigenvalue weighted by atomic mass is 32.2. The van der Waals surface area contributed by atoms with Gasteiger partial charge in [0.1, 0.15) is 17.2 Å². The van der Waals surface area contributed by atoms with Crippen LogP contribution in [0.2, 0.25) is 0 Å². The molecule has 1 saturated heterocycles. The number of fused-ring (bicyclic) bond motifs is 1. The number of alkyl halides is 3. The molecule has 1 amide bonds. The van der Waals surface area contributed by atoms with E-state index in [0.29, 0.717) is 37.0 Å². The van der Waals surface area contributed by atoms with Gasteiger partial charge in [0.15, 0.2) is 9.84 Å². The van der Waals surface area contributed by atoms with Gasteiger partial charge in [-0.3, -0.25) is 0 Å². The summed E-state index contributed by atoms with van der Waals surface area (Å²) in [5.41, 5.74) is -0.651. The quantitative estimate of drug-likeness (QED) is 0.465. The highest BCUT2D eigenvalue weighted by molar-refractivity contribution is 7.89. The van der Waals surface area contributed by atoms with Gasteiger partial charge in [0.2, 0.25) is 5.60 Å². The lowest BCUT2D eigenvalue weighted by molar-refractivity contribution is -0.246. The molecule has 2 aromatic rings. The van der Waals surface area contributed by atoms with E-state index >= 15 is 0 Å². The topological polar surface area (TPSA) is 72.9 Å². The Balaban J connectivity index is 1.42. The van der Waals surface area contributed by atoms with Crippen molar-refractivity contribution in [2.75, 3.05) is 19.3 Å². The Morgan fingerprint density at radius 2 is 1.68 bits per heavy atom. The molecule has 0 aliphatic carbocycles. The van der Waals surface area contributed by atoms with Crippen molar-refractivity contribution in [2.45, 2.75) is 62.7 Å². The summed E-state index contributed by atoms with van der Waals surface area (Å²) < 4.78 is 87.7. The second-order valence-electron chi connectivity index (χ2n) is 10.3. The number of rotatable bonds is 4. The zero-order valence-electron chi connectivity index (χ0n) is 20.8. The molecule has 2 aliphatic heterocycles. The molecule has 0 atom stereocenters. The van der Waals surface area contributed by atoms with Crippen molar-refractivity contribution in [3.05, 3.63) is 53.3 Å². The fourth-order valence-electron chi connectivity index (χ4n) is 4.62. The Morgan fingerprint density at radius 1 is 1.05 bits per heavy atom. The molecule has 0 aromatic heterocycles. The molecule has 6 nitrogen and oxygen atoms in total. The van der Waals surface area contributed by atoms with E-state index in [1.165, 1.54) is 17.0 Å². The predicted molar refractivity (Wildman–Crippen MR) is 129 cm³/mol. The monoisotopic (exact) mass is 543 g/mol. The SMILES string of the molecule is CC(C)(OC(=O)N1CCC2(CCc3cc(-c4ccc(CS(C)(=O)=O)c(F)c4)ccc3O2)CC1)C(F)(F)F. The number of sulfone groups is 1. The molecule has 11 heteroatoms. The van der Waals surface area contributed by atoms with Crippen LogP contribution in [0.4, 0.5) is 22.4 Å². The lowest BCUT2D eigenvalue weighted by Gasteiger charge is -2.44. The molecule has 1 spiro atoms. The second kappa shape index (κ2) is 9.49. The number of carbonyl (C=O) groups is 1. The van der Waals surface area contributed by atoms with Crippen molar-refractivity contribution < 1.29 is 40.2 Å². The normalized spacial score (nSPS) is 17.8. The molecule has 4 rings (SSSR count). The number of nitrogens with zero attached hydrogens (tertiary/aromatic N) is 1. The standard InChI is InChI=1S/C26H29F4NO5S/c1-24(2,26(28,29)30)36-23(32)31-12-10-25(11-13-31)9-8-19-14-17(6-7-22(19)35-25)18-4-5-20(21(27)15-18)16-37(3,33)34/h4-7,14-15H,8-13,16H2,1-3H3. The fraction of sp³-hybridized carbons (Fsp3) is 0.500. The Hall–Kier alpha value is -2.82. The average Bonchev–Trinajstić information content (AvgIpc) is 2.78. The highest BCUT2D eigenvalue weighted by Crippen LogP contribution is 2.41. The molecule has 0 unspecified atom stereocenters. The first-order valence-electron chi connectivity index (χ1n) is 11.9. The van der Waals surface area contributed by atoms with Gasteiger partial charge in [-0.25, -0.2) is 17.6 Å². The van der Waals surface area contributed by atoms with Crippen LogP contribution in [0.15, 0.2) is 36.4 Å². The van der Waals surface area contributed by atoms with Crippen LogP contribution < -0.4 is 4.74 Å². The lowest BCUT2D eigenvalue weighted by Crippen LogP contribution is -2.53. The van der Waals surface area contributed by atoms with E-state index in [2.05, 4.69) is 0 Å². The molecule has 0 bridgehead atoms. The van der Waals surface area contributed by atoms with Crippen molar-refractivity contribution in [1.82, 2.24) is 4.90 Å². The molecular weight excluding hydrogens is 514 g/mol. The number of piperidine rings is 1. The molecule has 202 valence electrons. The third kappa shape index (κ3) is 6.02. The van der Waals surface area contributed by atoms with Gasteiger partial charge in [-0.15, -0.1) is 0 Å². The van der Waals surface area contributed by atoms with Crippen molar-refractivity contribution in [3.63, 3.8) is 0 Å². The van der Waals surface area contributed by atoms with E-state index in [1.807, 2.05) is 6.07 Å². The van der Waals surface area contributed by atoms with Crippen LogP contribution in [-0.4, -0.2) is 56.1 Å². The van der Waals surface area contributed by atoms with Gasteiger partial charge < -0.3 is 14.4 Å². The first-order valence-corrected chi connectivity index (χ1v) is 14.0. The lowest BCUT2D eigenvalue weighted by atomic mass is 9.82. The summed E-state index contributed by atoms with van der Waals surface area (Å²) >= 11 is 0. The van der Waals surface area contributed by atoms with Crippen molar-refractivity contribution in [3.8, 4) is 16.9 Å². The number of hydrogen-bond donors (Lipinski definition) is 0. The molecule has 2 heterocycles. The maximum Gasteiger partial charge on any atom is 0.427 e. The molecule has 2 aliphatic rings. The van der Waals surface area contributed by atoms with E-state index in [9.17, 15) is 30.8 Å². The number of aryl methyl sites for hydroxylation is 1. The van der Waals surface area contributed by atoms with Crippen LogP contribution in [-0.2, 0) is 26.7 Å². The van der Waals surface area contributed by atoms with E-state index in [-0.39, 0.29) is 24.4 Å². The third-order valence-electron chi connectivity index (χ3n) is 7.00. The largest absolute Gasteiger partial charge is 0.487 e. The maximum absolute atomic E-state index is 14.5. The van der Waals surface area contributed by atoms with Crippen molar-refractivity contribution >= 4 is 15.9 Å². The minimum absolute atomic E-state index is 0.117. The summed E-state index contributed by atoms with van der Waals surface area (Å²) in [7, 11) is -3.36. The maximum atomic E-state index is 14.5. The zero-order valence-corrected chi connectivity index (χ0v) is 21.6.